The quantitative estimate of drug-likeness (QED) is 0.544. The van der Waals surface area contributed by atoms with Crippen molar-refractivity contribution in [3.05, 3.63) is 0 Å². The van der Waals surface area contributed by atoms with E-state index in [-0.39, 0.29) is 11.9 Å². The molecule has 0 spiro atoms. The van der Waals surface area contributed by atoms with Crippen LogP contribution in [0.3, 0.4) is 0 Å². The molecule has 4 nitrogen and oxygen atoms in total. The fraction of sp³-hybridized carbons (Fsp3) is 0.889. The van der Waals surface area contributed by atoms with Crippen molar-refractivity contribution in [2.24, 2.45) is 0 Å². The van der Waals surface area contributed by atoms with Gasteiger partial charge in [0, 0.05) is 13.1 Å². The van der Waals surface area contributed by atoms with Crippen molar-refractivity contribution in [1.29, 1.82) is 0 Å². The summed E-state index contributed by atoms with van der Waals surface area (Å²) in [6.07, 6.45) is 0.524. The number of carbonyl (C=O) groups is 1. The standard InChI is InChI=1S/C9H20N2O2/c1-4-5-10-9(13)8(3)11-6-7(2)12/h7-8,11-12H,4-6H2,1-3H3,(H,10,13)/t7-,8?/m1/s1. The number of hydrogen-bond donors (Lipinski definition) is 3. The molecule has 0 aromatic carbocycles. The van der Waals surface area contributed by atoms with E-state index in [4.69, 9.17) is 5.11 Å². The molecule has 0 aliphatic rings. The molecule has 1 unspecified atom stereocenters. The fourth-order valence-electron chi connectivity index (χ4n) is 0.841. The average molecular weight is 188 g/mol. The van der Waals surface area contributed by atoms with Crippen LogP contribution in [-0.4, -0.2) is 36.2 Å². The molecule has 13 heavy (non-hydrogen) atoms. The Morgan fingerprint density at radius 2 is 2.08 bits per heavy atom. The molecule has 0 heterocycles. The fourth-order valence-corrected chi connectivity index (χ4v) is 0.841. The number of aliphatic hydroxyl groups is 1. The van der Waals surface area contributed by atoms with Crippen LogP contribution in [0.5, 0.6) is 0 Å². The third-order valence-corrected chi connectivity index (χ3v) is 1.66. The highest BCUT2D eigenvalue weighted by molar-refractivity contribution is 5.81. The minimum Gasteiger partial charge on any atom is -0.392 e. The molecule has 2 atom stereocenters. The van der Waals surface area contributed by atoms with Crippen molar-refractivity contribution >= 4 is 5.91 Å². The Hall–Kier alpha value is -0.610. The monoisotopic (exact) mass is 188 g/mol. The van der Waals surface area contributed by atoms with Gasteiger partial charge < -0.3 is 15.7 Å². The van der Waals surface area contributed by atoms with Crippen molar-refractivity contribution in [2.45, 2.75) is 39.3 Å². The van der Waals surface area contributed by atoms with E-state index in [9.17, 15) is 4.79 Å². The summed E-state index contributed by atoms with van der Waals surface area (Å²) in [7, 11) is 0. The van der Waals surface area contributed by atoms with E-state index in [1.807, 2.05) is 6.92 Å². The Labute approximate surface area is 79.7 Å². The van der Waals surface area contributed by atoms with Crippen molar-refractivity contribution in [1.82, 2.24) is 10.6 Å². The maximum Gasteiger partial charge on any atom is 0.236 e. The summed E-state index contributed by atoms with van der Waals surface area (Å²) in [5.41, 5.74) is 0. The van der Waals surface area contributed by atoms with Gasteiger partial charge in [0.05, 0.1) is 12.1 Å². The van der Waals surface area contributed by atoms with Crippen LogP contribution in [0.4, 0.5) is 0 Å². The van der Waals surface area contributed by atoms with Crippen LogP contribution in [0.1, 0.15) is 27.2 Å². The second kappa shape index (κ2) is 6.86. The highest BCUT2D eigenvalue weighted by Crippen LogP contribution is 1.84. The topological polar surface area (TPSA) is 61.4 Å². The summed E-state index contributed by atoms with van der Waals surface area (Å²) in [5, 5.41) is 14.7. The van der Waals surface area contributed by atoms with E-state index >= 15 is 0 Å². The Balaban J connectivity index is 3.57. The van der Waals surface area contributed by atoms with E-state index in [0.717, 1.165) is 6.42 Å². The second-order valence-electron chi connectivity index (χ2n) is 3.27. The van der Waals surface area contributed by atoms with Crippen LogP contribution in [0.25, 0.3) is 0 Å². The molecule has 78 valence electrons. The van der Waals surface area contributed by atoms with Gasteiger partial charge in [-0.05, 0) is 20.3 Å². The summed E-state index contributed by atoms with van der Waals surface area (Å²) >= 11 is 0. The van der Waals surface area contributed by atoms with Crippen LogP contribution in [0, 0.1) is 0 Å². The summed E-state index contributed by atoms with van der Waals surface area (Å²) in [5.74, 6) is -0.0116. The Morgan fingerprint density at radius 3 is 2.54 bits per heavy atom. The molecule has 0 radical (unpaired) electrons. The van der Waals surface area contributed by atoms with Gasteiger partial charge in [0.2, 0.25) is 5.91 Å². The normalized spacial score (nSPS) is 15.1. The Bertz CT molecular complexity index is 149. The molecule has 0 aromatic rings. The second-order valence-corrected chi connectivity index (χ2v) is 3.27. The zero-order valence-corrected chi connectivity index (χ0v) is 8.63. The molecular weight excluding hydrogens is 168 g/mol. The Kier molecular flexibility index (Phi) is 6.54. The van der Waals surface area contributed by atoms with E-state index in [2.05, 4.69) is 10.6 Å². The number of nitrogens with one attached hydrogen (secondary N) is 2. The van der Waals surface area contributed by atoms with Gasteiger partial charge in [-0.2, -0.15) is 0 Å². The first-order valence-electron chi connectivity index (χ1n) is 4.77. The van der Waals surface area contributed by atoms with Gasteiger partial charge >= 0.3 is 0 Å². The van der Waals surface area contributed by atoms with Crippen LogP contribution >= 0.6 is 0 Å². The lowest BCUT2D eigenvalue weighted by Gasteiger charge is -2.14. The van der Waals surface area contributed by atoms with Gasteiger partial charge in [-0.3, -0.25) is 4.79 Å². The van der Waals surface area contributed by atoms with Crippen molar-refractivity contribution in [2.75, 3.05) is 13.1 Å². The zero-order chi connectivity index (χ0) is 10.3. The lowest BCUT2D eigenvalue weighted by Crippen LogP contribution is -2.44. The van der Waals surface area contributed by atoms with E-state index in [1.54, 1.807) is 13.8 Å². The number of aliphatic hydroxyl groups excluding tert-OH is 1. The molecule has 1 amide bonds. The molecule has 0 fully saturated rings. The predicted molar refractivity (Wildman–Crippen MR) is 52.4 cm³/mol. The number of amides is 1. The van der Waals surface area contributed by atoms with Crippen LogP contribution in [0.2, 0.25) is 0 Å². The average Bonchev–Trinajstić information content (AvgIpc) is 2.10. The first-order chi connectivity index (χ1) is 6.07. The van der Waals surface area contributed by atoms with Gasteiger partial charge in [0.25, 0.3) is 0 Å². The van der Waals surface area contributed by atoms with Gasteiger partial charge in [-0.25, -0.2) is 0 Å². The minimum atomic E-state index is -0.415. The Morgan fingerprint density at radius 1 is 1.46 bits per heavy atom. The predicted octanol–water partition coefficient (Wildman–Crippen LogP) is -0.128. The summed E-state index contributed by atoms with van der Waals surface area (Å²) in [6.45, 7) is 6.63. The largest absolute Gasteiger partial charge is 0.392 e. The molecule has 4 heteroatoms. The SMILES string of the molecule is CCCNC(=O)C(C)NC[C@@H](C)O. The lowest BCUT2D eigenvalue weighted by atomic mass is 10.3. The molecule has 0 saturated carbocycles. The highest BCUT2D eigenvalue weighted by atomic mass is 16.3. The third-order valence-electron chi connectivity index (χ3n) is 1.66. The van der Waals surface area contributed by atoms with Crippen molar-refractivity contribution < 1.29 is 9.90 Å². The van der Waals surface area contributed by atoms with Crippen LogP contribution in [0.15, 0.2) is 0 Å². The zero-order valence-electron chi connectivity index (χ0n) is 8.63. The van der Waals surface area contributed by atoms with E-state index in [0.29, 0.717) is 13.1 Å². The highest BCUT2D eigenvalue weighted by Gasteiger charge is 2.11. The first-order valence-corrected chi connectivity index (χ1v) is 4.77. The lowest BCUT2D eigenvalue weighted by molar-refractivity contribution is -0.122. The summed E-state index contributed by atoms with van der Waals surface area (Å²) in [4.78, 5) is 11.3. The molecule has 0 bridgehead atoms. The first kappa shape index (κ1) is 12.4. The maximum absolute atomic E-state index is 11.3. The van der Waals surface area contributed by atoms with Gasteiger partial charge in [-0.1, -0.05) is 6.92 Å². The number of carbonyl (C=O) groups excluding carboxylic acids is 1. The summed E-state index contributed by atoms with van der Waals surface area (Å²) < 4.78 is 0. The number of hydrogen-bond acceptors (Lipinski definition) is 3. The van der Waals surface area contributed by atoms with Gasteiger partial charge in [0.15, 0.2) is 0 Å². The van der Waals surface area contributed by atoms with Crippen molar-refractivity contribution in [3.63, 3.8) is 0 Å². The smallest absolute Gasteiger partial charge is 0.236 e. The molecular formula is C9H20N2O2. The molecule has 0 saturated heterocycles. The maximum atomic E-state index is 11.3. The van der Waals surface area contributed by atoms with Gasteiger partial charge in [0.1, 0.15) is 0 Å². The van der Waals surface area contributed by atoms with Gasteiger partial charge in [-0.15, -0.1) is 0 Å². The third kappa shape index (κ3) is 6.54. The minimum absolute atomic E-state index is 0.0116. The molecule has 0 aliphatic heterocycles. The number of rotatable bonds is 6. The van der Waals surface area contributed by atoms with Crippen molar-refractivity contribution in [3.8, 4) is 0 Å². The molecule has 0 aromatic heterocycles. The molecule has 3 N–H and O–H groups in total. The van der Waals surface area contributed by atoms with E-state index < -0.39 is 6.10 Å². The molecule has 0 rings (SSSR count). The van der Waals surface area contributed by atoms with E-state index in [1.165, 1.54) is 0 Å². The summed E-state index contributed by atoms with van der Waals surface area (Å²) in [6, 6.07) is -0.235. The van der Waals surface area contributed by atoms with Crippen LogP contribution < -0.4 is 10.6 Å². The van der Waals surface area contributed by atoms with Crippen LogP contribution in [-0.2, 0) is 4.79 Å². The molecule has 0 aliphatic carbocycles.